The van der Waals surface area contributed by atoms with Gasteiger partial charge in [0.1, 0.15) is 0 Å². The third-order valence-electron chi connectivity index (χ3n) is 2.22. The van der Waals surface area contributed by atoms with Crippen LogP contribution in [0.5, 0.6) is 0 Å². The number of ether oxygens (including phenoxy) is 1. The predicted molar refractivity (Wildman–Crippen MR) is 63.7 cm³/mol. The monoisotopic (exact) mass is 240 g/mol. The molecule has 0 radical (unpaired) electrons. The minimum absolute atomic E-state index is 0.249. The molecule has 1 unspecified atom stereocenters. The van der Waals surface area contributed by atoms with Gasteiger partial charge in [-0.05, 0) is 25.5 Å². The van der Waals surface area contributed by atoms with Gasteiger partial charge in [0.15, 0.2) is 0 Å². The summed E-state index contributed by atoms with van der Waals surface area (Å²) >= 11 is 0. The molecule has 0 fully saturated rings. The molecule has 0 spiro atoms. The average Bonchev–Trinajstić information content (AvgIpc) is 2.29. The van der Waals surface area contributed by atoms with Crippen LogP contribution >= 0.6 is 0 Å². The maximum Gasteiger partial charge on any atom is 0.305 e. The van der Waals surface area contributed by atoms with E-state index in [1.165, 1.54) is 7.11 Å². The van der Waals surface area contributed by atoms with Crippen molar-refractivity contribution in [3.63, 3.8) is 0 Å². The van der Waals surface area contributed by atoms with Crippen LogP contribution < -0.4 is 0 Å². The summed E-state index contributed by atoms with van der Waals surface area (Å²) in [5, 5.41) is 0. The van der Waals surface area contributed by atoms with Crippen LogP contribution in [0.3, 0.4) is 0 Å². The van der Waals surface area contributed by atoms with Crippen molar-refractivity contribution in [3.8, 4) is 0 Å². The zero-order valence-electron chi connectivity index (χ0n) is 9.56. The summed E-state index contributed by atoms with van der Waals surface area (Å²) in [5.41, 5.74) is 1.15. The Morgan fingerprint density at radius 3 is 2.50 bits per heavy atom. The van der Waals surface area contributed by atoms with Crippen LogP contribution in [-0.4, -0.2) is 23.0 Å². The van der Waals surface area contributed by atoms with Gasteiger partial charge in [-0.2, -0.15) is 0 Å². The molecule has 3 nitrogen and oxygen atoms in total. The van der Waals surface area contributed by atoms with Gasteiger partial charge in [0.2, 0.25) is 0 Å². The standard InChI is InChI=1S/C12H16O3S/c1-10-5-7-11(8-6-10)16(14)9-3-4-12(13)15-2/h5-8H,3-4,9H2,1-2H3. The van der Waals surface area contributed by atoms with Crippen LogP contribution in [0, 0.1) is 6.92 Å². The highest BCUT2D eigenvalue weighted by atomic mass is 32.2. The van der Waals surface area contributed by atoms with Crippen molar-refractivity contribution < 1.29 is 13.7 Å². The van der Waals surface area contributed by atoms with E-state index in [0.29, 0.717) is 18.6 Å². The van der Waals surface area contributed by atoms with E-state index in [9.17, 15) is 9.00 Å². The number of methoxy groups -OCH3 is 1. The van der Waals surface area contributed by atoms with Crippen LogP contribution in [0.2, 0.25) is 0 Å². The molecule has 0 aromatic heterocycles. The normalized spacial score (nSPS) is 12.1. The fourth-order valence-corrected chi connectivity index (χ4v) is 2.34. The highest BCUT2D eigenvalue weighted by Gasteiger charge is 2.05. The first kappa shape index (κ1) is 12.9. The lowest BCUT2D eigenvalue weighted by Crippen LogP contribution is -2.04. The van der Waals surface area contributed by atoms with Gasteiger partial charge in [0.05, 0.1) is 17.9 Å². The Kier molecular flexibility index (Phi) is 5.19. The number of hydrogen-bond acceptors (Lipinski definition) is 3. The van der Waals surface area contributed by atoms with Gasteiger partial charge < -0.3 is 4.74 Å². The number of hydrogen-bond donors (Lipinski definition) is 0. The van der Waals surface area contributed by atoms with Crippen LogP contribution in [-0.2, 0) is 20.3 Å². The number of carbonyl (C=O) groups is 1. The Morgan fingerprint density at radius 2 is 1.94 bits per heavy atom. The van der Waals surface area contributed by atoms with E-state index in [1.807, 2.05) is 31.2 Å². The molecular formula is C12H16O3S. The van der Waals surface area contributed by atoms with E-state index in [1.54, 1.807) is 0 Å². The van der Waals surface area contributed by atoms with Gasteiger partial charge in [0.25, 0.3) is 0 Å². The number of rotatable bonds is 5. The van der Waals surface area contributed by atoms with E-state index < -0.39 is 10.8 Å². The Morgan fingerprint density at radius 1 is 1.31 bits per heavy atom. The minimum Gasteiger partial charge on any atom is -0.469 e. The molecule has 0 amide bonds. The predicted octanol–water partition coefficient (Wildman–Crippen LogP) is 2.06. The fraction of sp³-hybridized carbons (Fsp3) is 0.417. The lowest BCUT2D eigenvalue weighted by atomic mass is 10.2. The van der Waals surface area contributed by atoms with Crippen molar-refractivity contribution in [2.75, 3.05) is 12.9 Å². The second kappa shape index (κ2) is 6.43. The molecule has 1 aromatic rings. The molecule has 4 heteroatoms. The second-order valence-electron chi connectivity index (χ2n) is 3.54. The highest BCUT2D eigenvalue weighted by Crippen LogP contribution is 2.09. The first-order valence-corrected chi connectivity index (χ1v) is 6.47. The van der Waals surface area contributed by atoms with Crippen molar-refractivity contribution >= 4 is 16.8 Å². The lowest BCUT2D eigenvalue weighted by molar-refractivity contribution is -0.140. The summed E-state index contributed by atoms with van der Waals surface area (Å²) in [7, 11) is 0.343. The molecule has 16 heavy (non-hydrogen) atoms. The zero-order chi connectivity index (χ0) is 12.0. The SMILES string of the molecule is COC(=O)CCCS(=O)c1ccc(C)cc1. The van der Waals surface area contributed by atoms with Crippen molar-refractivity contribution in [2.45, 2.75) is 24.7 Å². The van der Waals surface area contributed by atoms with E-state index in [0.717, 1.165) is 10.5 Å². The smallest absolute Gasteiger partial charge is 0.305 e. The third kappa shape index (κ3) is 4.14. The van der Waals surface area contributed by atoms with Crippen molar-refractivity contribution in [1.29, 1.82) is 0 Å². The quantitative estimate of drug-likeness (QED) is 0.740. The molecule has 0 heterocycles. The van der Waals surface area contributed by atoms with E-state index in [-0.39, 0.29) is 5.97 Å². The van der Waals surface area contributed by atoms with E-state index >= 15 is 0 Å². The molecule has 1 atom stereocenters. The van der Waals surface area contributed by atoms with Crippen LogP contribution in [0.1, 0.15) is 18.4 Å². The van der Waals surface area contributed by atoms with Gasteiger partial charge >= 0.3 is 5.97 Å². The first-order valence-electron chi connectivity index (χ1n) is 5.15. The maximum atomic E-state index is 11.8. The van der Waals surface area contributed by atoms with Gasteiger partial charge in [-0.1, -0.05) is 17.7 Å². The Balaban J connectivity index is 2.41. The summed E-state index contributed by atoms with van der Waals surface area (Å²) in [4.78, 5) is 11.7. The van der Waals surface area contributed by atoms with E-state index in [2.05, 4.69) is 4.74 Å². The maximum absolute atomic E-state index is 11.8. The molecule has 0 saturated carbocycles. The Bertz CT molecular complexity index is 370. The molecule has 1 aromatic carbocycles. The molecule has 88 valence electrons. The Hall–Kier alpha value is -1.16. The van der Waals surface area contributed by atoms with Crippen LogP contribution in [0.25, 0.3) is 0 Å². The number of esters is 1. The molecule has 0 N–H and O–H groups in total. The number of carbonyl (C=O) groups excluding carboxylic acids is 1. The molecule has 0 aliphatic heterocycles. The topological polar surface area (TPSA) is 43.4 Å². The summed E-state index contributed by atoms with van der Waals surface area (Å²) in [5.74, 6) is 0.249. The summed E-state index contributed by atoms with van der Waals surface area (Å²) in [6.07, 6.45) is 0.918. The molecule has 0 bridgehead atoms. The molecule has 1 rings (SSSR count). The molecule has 0 saturated heterocycles. The van der Waals surface area contributed by atoms with Gasteiger partial charge in [-0.25, -0.2) is 0 Å². The molecule has 0 aliphatic carbocycles. The van der Waals surface area contributed by atoms with Gasteiger partial charge in [0, 0.05) is 17.1 Å². The second-order valence-corrected chi connectivity index (χ2v) is 5.11. The van der Waals surface area contributed by atoms with Crippen LogP contribution in [0.4, 0.5) is 0 Å². The number of benzene rings is 1. The van der Waals surface area contributed by atoms with Crippen molar-refractivity contribution in [3.05, 3.63) is 29.8 Å². The van der Waals surface area contributed by atoms with Gasteiger partial charge in [-0.15, -0.1) is 0 Å². The van der Waals surface area contributed by atoms with Gasteiger partial charge in [-0.3, -0.25) is 9.00 Å². The Labute approximate surface area is 98.3 Å². The summed E-state index contributed by atoms with van der Waals surface area (Å²) < 4.78 is 16.3. The minimum atomic E-state index is -1.02. The van der Waals surface area contributed by atoms with E-state index in [4.69, 9.17) is 0 Å². The number of aryl methyl sites for hydroxylation is 1. The zero-order valence-corrected chi connectivity index (χ0v) is 10.4. The fourth-order valence-electron chi connectivity index (χ4n) is 1.26. The van der Waals surface area contributed by atoms with Crippen LogP contribution in [0.15, 0.2) is 29.2 Å². The summed E-state index contributed by atoms with van der Waals surface area (Å²) in [6, 6.07) is 7.61. The van der Waals surface area contributed by atoms with Crippen molar-refractivity contribution in [1.82, 2.24) is 0 Å². The lowest BCUT2D eigenvalue weighted by Gasteiger charge is -2.02. The highest BCUT2D eigenvalue weighted by molar-refractivity contribution is 7.85. The first-order chi connectivity index (χ1) is 7.63. The molecular weight excluding hydrogens is 224 g/mol. The third-order valence-corrected chi connectivity index (χ3v) is 3.68. The summed E-state index contributed by atoms with van der Waals surface area (Å²) in [6.45, 7) is 1.99. The largest absolute Gasteiger partial charge is 0.469 e. The molecule has 0 aliphatic rings. The van der Waals surface area contributed by atoms with Crippen molar-refractivity contribution in [2.24, 2.45) is 0 Å². The average molecular weight is 240 g/mol.